The van der Waals surface area contributed by atoms with E-state index >= 15 is 0 Å². The van der Waals surface area contributed by atoms with Crippen molar-refractivity contribution in [3.8, 4) is 0 Å². The Balaban J connectivity index is 0.00000194. The Labute approximate surface area is 239 Å². The molecule has 7 heteroatoms. The van der Waals surface area contributed by atoms with Gasteiger partial charge >= 0.3 is 39.3 Å². The molecule has 2 fully saturated rings. The molecular formula is C28H54Br2N2NiOSi. The van der Waals surface area contributed by atoms with E-state index in [0.29, 0.717) is 12.1 Å². The fourth-order valence-electron chi connectivity index (χ4n) is 6.21. The van der Waals surface area contributed by atoms with E-state index in [-0.39, 0.29) is 0 Å². The molecule has 2 rings (SSSR count). The maximum atomic E-state index is 6.28. The summed E-state index contributed by atoms with van der Waals surface area (Å²) in [5.41, 5.74) is 2.46. The van der Waals surface area contributed by atoms with Gasteiger partial charge in [-0.1, -0.05) is 66.2 Å². The number of hydrogen-bond acceptors (Lipinski definition) is 3. The van der Waals surface area contributed by atoms with Gasteiger partial charge < -0.3 is 4.43 Å². The monoisotopic (exact) mass is 678 g/mol. The second kappa shape index (κ2) is 18.3. The Bertz CT molecular complexity index is 617. The summed E-state index contributed by atoms with van der Waals surface area (Å²) < 4.78 is 6.28. The van der Waals surface area contributed by atoms with Crippen molar-refractivity contribution in [2.24, 2.45) is 33.7 Å². The van der Waals surface area contributed by atoms with Crippen molar-refractivity contribution in [3.63, 3.8) is 0 Å². The van der Waals surface area contributed by atoms with Gasteiger partial charge in [-0.15, -0.1) is 0 Å². The quantitative estimate of drug-likeness (QED) is 0.158. The topological polar surface area (TPSA) is 34.0 Å². The molecule has 0 bridgehead atoms. The molecule has 0 aliphatic heterocycles. The first-order chi connectivity index (χ1) is 16.6. The zero-order chi connectivity index (χ0) is 26.4. The van der Waals surface area contributed by atoms with Crippen LogP contribution in [0.15, 0.2) is 9.98 Å². The molecule has 210 valence electrons. The third-order valence-electron chi connectivity index (χ3n) is 8.27. The van der Waals surface area contributed by atoms with Gasteiger partial charge in [0.2, 0.25) is 0 Å². The van der Waals surface area contributed by atoms with Crippen LogP contribution in [0.2, 0.25) is 19.6 Å². The molecule has 35 heavy (non-hydrogen) atoms. The second-order valence-electron chi connectivity index (χ2n) is 11.6. The first-order valence-corrected chi connectivity index (χ1v) is 22.5. The summed E-state index contributed by atoms with van der Waals surface area (Å²) >= 11 is 6.00. The molecular weight excluding hydrogens is 627 g/mol. The van der Waals surface area contributed by atoms with Crippen LogP contribution < -0.4 is 0 Å². The molecule has 3 nitrogen and oxygen atoms in total. The van der Waals surface area contributed by atoms with Crippen LogP contribution in [0, 0.1) is 23.7 Å². The van der Waals surface area contributed by atoms with E-state index in [1.165, 1.54) is 86.5 Å². The van der Waals surface area contributed by atoms with Gasteiger partial charge in [-0.25, -0.2) is 0 Å². The summed E-state index contributed by atoms with van der Waals surface area (Å²) in [4.78, 5) is 11.0. The molecule has 0 amide bonds. The molecule has 0 aromatic carbocycles. The average molecular weight is 681 g/mol. The van der Waals surface area contributed by atoms with Crippen LogP contribution in [0.3, 0.4) is 0 Å². The SMILES string of the molecule is CCC1CCCC(CC)C1N=C(C)C(CCO[Si](C)(C)C)=NC1C(CC)CCCC1CC.[Br][Ni][Br]. The average Bonchev–Trinajstić information content (AvgIpc) is 2.83. The third-order valence-corrected chi connectivity index (χ3v) is 9.34. The number of halogens is 2. The van der Waals surface area contributed by atoms with Gasteiger partial charge in [0.15, 0.2) is 8.32 Å². The van der Waals surface area contributed by atoms with Crippen molar-refractivity contribution in [2.45, 2.75) is 137 Å². The Morgan fingerprint density at radius 3 is 1.49 bits per heavy atom. The van der Waals surface area contributed by atoms with Crippen molar-refractivity contribution in [2.75, 3.05) is 6.61 Å². The van der Waals surface area contributed by atoms with E-state index in [4.69, 9.17) is 14.4 Å². The molecule has 0 heterocycles. The van der Waals surface area contributed by atoms with Crippen molar-refractivity contribution in [1.82, 2.24) is 0 Å². The van der Waals surface area contributed by atoms with E-state index in [1.807, 2.05) is 0 Å². The number of rotatable bonds is 11. The van der Waals surface area contributed by atoms with Gasteiger partial charge in [-0.05, 0) is 75.9 Å². The van der Waals surface area contributed by atoms with Gasteiger partial charge in [0.1, 0.15) is 0 Å². The predicted molar refractivity (Wildman–Crippen MR) is 163 cm³/mol. The van der Waals surface area contributed by atoms with Crippen LogP contribution in [0.4, 0.5) is 0 Å². The minimum absolute atomic E-state index is 0.473. The molecule has 0 N–H and O–H groups in total. The number of aliphatic imine (C=N–C) groups is 2. The standard InChI is InChI=1S/C28H54N2OSi.2BrH.Ni/c1-9-22-15-13-16-23(10-2)27(22)29-21(5)26(19-20-31-32(6,7)8)30-28-24(11-3)17-14-18-25(28)12-4;;;/h22-25,27-28H,9-20H2,1-8H3;2*1H;/q;;;+2/p-2. The summed E-state index contributed by atoms with van der Waals surface area (Å²) in [6.07, 6.45) is 14.1. The molecule has 4 atom stereocenters. The first-order valence-electron chi connectivity index (χ1n) is 14.2. The summed E-state index contributed by atoms with van der Waals surface area (Å²) in [7, 11) is -0.273. The molecule has 2 aliphatic rings. The first kappa shape index (κ1) is 34.0. The summed E-state index contributed by atoms with van der Waals surface area (Å²) in [5, 5.41) is 0. The van der Waals surface area contributed by atoms with E-state index < -0.39 is 8.32 Å². The molecule has 0 aromatic rings. The van der Waals surface area contributed by atoms with Crippen LogP contribution in [0.25, 0.3) is 0 Å². The molecule has 0 radical (unpaired) electrons. The van der Waals surface area contributed by atoms with Crippen molar-refractivity contribution in [3.05, 3.63) is 0 Å². The Hall–Kier alpha value is 0.970. The fourth-order valence-corrected chi connectivity index (χ4v) is 6.93. The van der Waals surface area contributed by atoms with Crippen LogP contribution in [-0.4, -0.2) is 38.4 Å². The van der Waals surface area contributed by atoms with E-state index in [1.54, 1.807) is 0 Å². The molecule has 4 unspecified atom stereocenters. The van der Waals surface area contributed by atoms with Gasteiger partial charge in [0.25, 0.3) is 0 Å². The van der Waals surface area contributed by atoms with E-state index in [9.17, 15) is 0 Å². The van der Waals surface area contributed by atoms with Crippen molar-refractivity contribution in [1.29, 1.82) is 0 Å². The molecule has 2 aliphatic carbocycles. The minimum atomic E-state index is -1.52. The van der Waals surface area contributed by atoms with Gasteiger partial charge in [-0.2, -0.15) is 0 Å². The Kier molecular flexibility index (Phi) is 17.8. The Morgan fingerprint density at radius 1 is 0.771 bits per heavy atom. The van der Waals surface area contributed by atoms with Gasteiger partial charge in [-0.3, -0.25) is 9.98 Å². The second-order valence-corrected chi connectivity index (χ2v) is 21.1. The predicted octanol–water partition coefficient (Wildman–Crippen LogP) is 10.0. The molecule has 2 saturated carbocycles. The fraction of sp³-hybridized carbons (Fsp3) is 0.929. The maximum absolute atomic E-state index is 6.28. The zero-order valence-corrected chi connectivity index (χ0v) is 29.0. The summed E-state index contributed by atoms with van der Waals surface area (Å²) in [6, 6.07) is 0.957. The number of hydrogen-bond donors (Lipinski definition) is 0. The molecule has 0 aromatic heterocycles. The van der Waals surface area contributed by atoms with Gasteiger partial charge in [0.05, 0.1) is 23.5 Å². The van der Waals surface area contributed by atoms with Crippen LogP contribution in [0.5, 0.6) is 0 Å². The summed E-state index contributed by atoms with van der Waals surface area (Å²) in [6.45, 7) is 19.3. The normalized spacial score (nSPS) is 30.7. The van der Waals surface area contributed by atoms with E-state index in [2.05, 4.69) is 82.7 Å². The van der Waals surface area contributed by atoms with Crippen LogP contribution >= 0.6 is 28.5 Å². The molecule has 0 spiro atoms. The van der Waals surface area contributed by atoms with E-state index in [0.717, 1.165) is 36.7 Å². The molecule has 0 saturated heterocycles. The Morgan fingerprint density at radius 2 is 1.14 bits per heavy atom. The van der Waals surface area contributed by atoms with Crippen LogP contribution in [-0.2, 0) is 15.3 Å². The van der Waals surface area contributed by atoms with Crippen LogP contribution in [0.1, 0.15) is 105 Å². The van der Waals surface area contributed by atoms with Crippen molar-refractivity contribution < 1.29 is 15.3 Å². The number of nitrogens with zero attached hydrogens (tertiary/aromatic N) is 2. The van der Waals surface area contributed by atoms with Crippen molar-refractivity contribution >= 4 is 48.2 Å². The summed E-state index contributed by atoms with van der Waals surface area (Å²) in [5.74, 6) is 2.95. The van der Waals surface area contributed by atoms with Gasteiger partial charge in [0, 0.05) is 13.0 Å². The zero-order valence-electron chi connectivity index (χ0n) is 23.8. The third kappa shape index (κ3) is 12.1.